The average molecular weight is 347 g/mol. The van der Waals surface area contributed by atoms with Gasteiger partial charge in [0.05, 0.1) is 5.56 Å². The summed E-state index contributed by atoms with van der Waals surface area (Å²) in [5, 5.41) is 1.08. The maximum atomic E-state index is 12.4. The molecule has 1 aliphatic heterocycles. The molecule has 2 aliphatic rings. The van der Waals surface area contributed by atoms with Gasteiger partial charge in [-0.15, -0.1) is 0 Å². The fraction of sp³-hybridized carbons (Fsp3) is 0.318. The summed E-state index contributed by atoms with van der Waals surface area (Å²) >= 11 is 0. The predicted molar refractivity (Wildman–Crippen MR) is 100 cm³/mol. The Kier molecular flexibility index (Phi) is 3.61. The molecular formula is C22H21NO3. The maximum absolute atomic E-state index is 12.4. The van der Waals surface area contributed by atoms with E-state index in [2.05, 4.69) is 42.2 Å². The zero-order valence-corrected chi connectivity index (χ0v) is 14.8. The van der Waals surface area contributed by atoms with Crippen molar-refractivity contribution in [3.8, 4) is 5.75 Å². The molecule has 4 nitrogen and oxygen atoms in total. The minimum Gasteiger partial charge on any atom is -0.478 e. The van der Waals surface area contributed by atoms with Gasteiger partial charge in [-0.05, 0) is 49.4 Å². The van der Waals surface area contributed by atoms with E-state index in [0.29, 0.717) is 18.9 Å². The van der Waals surface area contributed by atoms with Gasteiger partial charge in [0.2, 0.25) is 0 Å². The monoisotopic (exact) mass is 347 g/mol. The highest BCUT2D eigenvalue weighted by Crippen LogP contribution is 2.37. The quantitative estimate of drug-likeness (QED) is 0.652. The van der Waals surface area contributed by atoms with E-state index in [-0.39, 0.29) is 11.7 Å². The molecule has 4 heteroatoms. The average Bonchev–Trinajstić information content (AvgIpc) is 3.18. The van der Waals surface area contributed by atoms with Crippen LogP contribution in [0.5, 0.6) is 5.75 Å². The molecule has 3 aromatic rings. The number of fused-ring (bicyclic) bond motifs is 5. The molecule has 0 radical (unpaired) electrons. The number of nitrogens with zero attached hydrogens (tertiary/aromatic N) is 1. The van der Waals surface area contributed by atoms with Crippen molar-refractivity contribution in [3.63, 3.8) is 0 Å². The van der Waals surface area contributed by atoms with E-state index in [1.165, 1.54) is 11.1 Å². The molecular weight excluding hydrogens is 326 g/mol. The number of rotatable bonds is 2. The first-order chi connectivity index (χ1) is 12.7. The molecule has 0 saturated carbocycles. The lowest BCUT2D eigenvalue weighted by molar-refractivity contribution is 0.0620. The molecule has 1 atom stereocenters. The van der Waals surface area contributed by atoms with Crippen LogP contribution in [0.25, 0.3) is 11.0 Å². The third-order valence-electron chi connectivity index (χ3n) is 5.78. The Balaban J connectivity index is 1.59. The third-order valence-corrected chi connectivity index (χ3v) is 5.78. The van der Waals surface area contributed by atoms with Crippen molar-refractivity contribution in [2.75, 3.05) is 6.73 Å². The molecule has 5 rings (SSSR count). The van der Waals surface area contributed by atoms with Crippen molar-refractivity contribution in [3.05, 3.63) is 75.1 Å². The summed E-state index contributed by atoms with van der Waals surface area (Å²) in [7, 11) is 0. The smallest absolute Gasteiger partial charge is 0.339 e. The van der Waals surface area contributed by atoms with Crippen LogP contribution in [-0.2, 0) is 19.4 Å². The van der Waals surface area contributed by atoms with E-state index >= 15 is 0 Å². The van der Waals surface area contributed by atoms with Crippen molar-refractivity contribution in [1.82, 2.24) is 4.90 Å². The van der Waals surface area contributed by atoms with Crippen molar-refractivity contribution in [1.29, 1.82) is 0 Å². The number of aryl methyl sites for hydroxylation is 1. The van der Waals surface area contributed by atoms with Crippen molar-refractivity contribution in [2.45, 2.75) is 38.8 Å². The maximum Gasteiger partial charge on any atom is 0.339 e. The SMILES string of the molecule is C[C@@H](c1ccccc1)N1COc2ccc3c4c(c(=O)oc3c2C1)CCC4. The summed E-state index contributed by atoms with van der Waals surface area (Å²) in [6.07, 6.45) is 2.82. The van der Waals surface area contributed by atoms with Gasteiger partial charge in [-0.2, -0.15) is 0 Å². The van der Waals surface area contributed by atoms with Gasteiger partial charge >= 0.3 is 5.63 Å². The highest BCUT2D eigenvalue weighted by atomic mass is 16.5. The van der Waals surface area contributed by atoms with Crippen LogP contribution in [0.2, 0.25) is 0 Å². The molecule has 0 bridgehead atoms. The molecule has 26 heavy (non-hydrogen) atoms. The molecule has 0 N–H and O–H groups in total. The third kappa shape index (κ3) is 2.36. The summed E-state index contributed by atoms with van der Waals surface area (Å²) in [5.41, 5.74) is 4.81. The Labute approximate surface area is 152 Å². The molecule has 1 aromatic heterocycles. The standard InChI is InChI=1S/C22H21NO3/c1-14(15-6-3-2-4-7-15)23-12-19-20(25-13-23)11-10-17-16-8-5-9-18(16)22(24)26-21(17)19/h2-4,6-7,10-11,14H,5,8-9,12-13H2,1H3/t14-/m0/s1. The van der Waals surface area contributed by atoms with E-state index in [9.17, 15) is 4.79 Å². The Morgan fingerprint density at radius 1 is 1.00 bits per heavy atom. The first-order valence-corrected chi connectivity index (χ1v) is 9.24. The molecule has 1 aliphatic carbocycles. The number of hydrogen-bond donors (Lipinski definition) is 0. The van der Waals surface area contributed by atoms with Gasteiger partial charge in [0.25, 0.3) is 0 Å². The molecule has 0 saturated heterocycles. The van der Waals surface area contributed by atoms with E-state index in [4.69, 9.17) is 9.15 Å². The van der Waals surface area contributed by atoms with Crippen LogP contribution >= 0.6 is 0 Å². The zero-order valence-electron chi connectivity index (χ0n) is 14.8. The fourth-order valence-corrected chi connectivity index (χ4v) is 4.26. The van der Waals surface area contributed by atoms with Gasteiger partial charge < -0.3 is 9.15 Å². The summed E-state index contributed by atoms with van der Waals surface area (Å²) in [4.78, 5) is 14.7. The Hall–Kier alpha value is -2.59. The molecule has 2 aromatic carbocycles. The molecule has 132 valence electrons. The second-order valence-electron chi connectivity index (χ2n) is 7.23. The van der Waals surface area contributed by atoms with Crippen LogP contribution in [0.3, 0.4) is 0 Å². The minimum absolute atomic E-state index is 0.174. The highest BCUT2D eigenvalue weighted by Gasteiger charge is 2.28. The van der Waals surface area contributed by atoms with Crippen LogP contribution in [0.1, 0.15) is 41.6 Å². The van der Waals surface area contributed by atoms with Crippen LogP contribution in [0.15, 0.2) is 51.7 Å². The molecule has 0 spiro atoms. The van der Waals surface area contributed by atoms with E-state index in [1.54, 1.807) is 0 Å². The number of ether oxygens (including phenoxy) is 1. The van der Waals surface area contributed by atoms with E-state index < -0.39 is 0 Å². The van der Waals surface area contributed by atoms with Gasteiger partial charge in [0.15, 0.2) is 0 Å². The lowest BCUT2D eigenvalue weighted by Crippen LogP contribution is -2.34. The zero-order chi connectivity index (χ0) is 17.7. The number of hydrogen-bond acceptors (Lipinski definition) is 4. The Morgan fingerprint density at radius 2 is 1.81 bits per heavy atom. The van der Waals surface area contributed by atoms with Gasteiger partial charge in [-0.1, -0.05) is 30.3 Å². The Bertz CT molecular complexity index is 1040. The second kappa shape index (κ2) is 5.99. The Morgan fingerprint density at radius 3 is 2.65 bits per heavy atom. The number of benzene rings is 2. The molecule has 2 heterocycles. The minimum atomic E-state index is -0.174. The normalized spacial score (nSPS) is 17.6. The van der Waals surface area contributed by atoms with Crippen LogP contribution in [0.4, 0.5) is 0 Å². The first kappa shape index (κ1) is 15.6. The first-order valence-electron chi connectivity index (χ1n) is 9.24. The second-order valence-corrected chi connectivity index (χ2v) is 7.23. The summed E-state index contributed by atoms with van der Waals surface area (Å²) < 4.78 is 11.8. The van der Waals surface area contributed by atoms with E-state index in [1.807, 2.05) is 12.1 Å². The van der Waals surface area contributed by atoms with E-state index in [0.717, 1.165) is 41.5 Å². The molecule has 0 amide bonds. The van der Waals surface area contributed by atoms with Crippen molar-refractivity contribution >= 4 is 11.0 Å². The largest absolute Gasteiger partial charge is 0.478 e. The summed E-state index contributed by atoms with van der Waals surface area (Å²) in [6, 6.07) is 14.7. The van der Waals surface area contributed by atoms with Crippen molar-refractivity contribution in [2.24, 2.45) is 0 Å². The van der Waals surface area contributed by atoms with Crippen LogP contribution in [-0.4, -0.2) is 11.6 Å². The van der Waals surface area contributed by atoms with Crippen LogP contribution in [0, 0.1) is 0 Å². The van der Waals surface area contributed by atoms with Gasteiger partial charge in [-0.25, -0.2) is 4.79 Å². The van der Waals surface area contributed by atoms with Gasteiger partial charge in [0, 0.05) is 23.5 Å². The highest BCUT2D eigenvalue weighted by molar-refractivity contribution is 5.86. The topological polar surface area (TPSA) is 42.7 Å². The molecule has 0 unspecified atom stereocenters. The van der Waals surface area contributed by atoms with Crippen molar-refractivity contribution < 1.29 is 9.15 Å². The predicted octanol–water partition coefficient (Wildman–Crippen LogP) is 4.19. The summed E-state index contributed by atoms with van der Waals surface area (Å²) in [6.45, 7) is 3.43. The summed E-state index contributed by atoms with van der Waals surface area (Å²) in [5.74, 6) is 0.829. The fourth-order valence-electron chi connectivity index (χ4n) is 4.26. The lowest BCUT2D eigenvalue weighted by atomic mass is 10.0. The lowest BCUT2D eigenvalue weighted by Gasteiger charge is -2.34. The van der Waals surface area contributed by atoms with Crippen LogP contribution < -0.4 is 10.4 Å². The molecule has 0 fully saturated rings. The van der Waals surface area contributed by atoms with Gasteiger partial charge in [-0.3, -0.25) is 4.90 Å². The van der Waals surface area contributed by atoms with Gasteiger partial charge in [0.1, 0.15) is 18.1 Å².